The molecule has 3 rings (SSSR count). The number of nitrogens with zero attached hydrogens (tertiary/aromatic N) is 2. The van der Waals surface area contributed by atoms with Gasteiger partial charge in [0.25, 0.3) is 0 Å². The van der Waals surface area contributed by atoms with Gasteiger partial charge in [-0.2, -0.15) is 0 Å². The van der Waals surface area contributed by atoms with Crippen molar-refractivity contribution >= 4 is 12.1 Å². The number of anilines is 1. The molecule has 1 heterocycles. The molecule has 3 aromatic rings. The molecule has 0 aliphatic carbocycles. The molecule has 0 saturated heterocycles. The normalized spacial score (nSPS) is 9.96. The van der Waals surface area contributed by atoms with Crippen LogP contribution >= 0.6 is 0 Å². The molecule has 140 valence electrons. The Labute approximate surface area is 165 Å². The molecule has 2 aromatic carbocycles. The van der Waals surface area contributed by atoms with Crippen LogP contribution in [0.2, 0.25) is 0 Å². The van der Waals surface area contributed by atoms with Gasteiger partial charge in [-0.15, -0.1) is 0 Å². The summed E-state index contributed by atoms with van der Waals surface area (Å²) in [4.78, 5) is 18.0. The molecule has 0 unspecified atom stereocenters. The first-order valence-corrected chi connectivity index (χ1v) is 8.97. The topological polar surface area (TPSA) is 42.4 Å². The van der Waals surface area contributed by atoms with Gasteiger partial charge in [0, 0.05) is 36.5 Å². The van der Waals surface area contributed by atoms with Crippen molar-refractivity contribution in [3.8, 4) is 17.6 Å². The van der Waals surface area contributed by atoms with Crippen LogP contribution in [0.3, 0.4) is 0 Å². The zero-order valence-electron chi connectivity index (χ0n) is 16.3. The average molecular weight is 370 g/mol. The van der Waals surface area contributed by atoms with E-state index in [0.717, 1.165) is 34.4 Å². The third-order valence-corrected chi connectivity index (χ3v) is 4.42. The van der Waals surface area contributed by atoms with E-state index < -0.39 is 0 Å². The van der Waals surface area contributed by atoms with Gasteiger partial charge in [-0.1, -0.05) is 36.1 Å². The Morgan fingerprint density at radius 3 is 2.50 bits per heavy atom. The summed E-state index contributed by atoms with van der Waals surface area (Å²) in [6, 6.07) is 17.4. The summed E-state index contributed by atoms with van der Waals surface area (Å²) >= 11 is 0. The zero-order valence-corrected chi connectivity index (χ0v) is 16.3. The molecule has 0 aliphatic heterocycles. The van der Waals surface area contributed by atoms with Crippen molar-refractivity contribution in [2.75, 3.05) is 19.1 Å². The van der Waals surface area contributed by atoms with Gasteiger partial charge in [-0.25, -0.2) is 4.98 Å². The van der Waals surface area contributed by atoms with Gasteiger partial charge in [0.1, 0.15) is 11.6 Å². The first kappa shape index (κ1) is 19.2. The zero-order chi connectivity index (χ0) is 19.9. The van der Waals surface area contributed by atoms with Crippen LogP contribution in [0.4, 0.5) is 5.82 Å². The summed E-state index contributed by atoms with van der Waals surface area (Å²) in [5.41, 5.74) is 4.42. The monoisotopic (exact) mass is 370 g/mol. The smallest absolute Gasteiger partial charge is 0.150 e. The summed E-state index contributed by atoms with van der Waals surface area (Å²) in [7, 11) is 3.55. The molecule has 0 radical (unpaired) electrons. The second-order valence-corrected chi connectivity index (χ2v) is 6.52. The highest BCUT2D eigenvalue weighted by Crippen LogP contribution is 2.22. The van der Waals surface area contributed by atoms with Crippen LogP contribution in [0.5, 0.6) is 5.75 Å². The van der Waals surface area contributed by atoms with Crippen molar-refractivity contribution < 1.29 is 9.53 Å². The lowest BCUT2D eigenvalue weighted by Crippen LogP contribution is -2.19. The molecular formula is C24H22N2O2. The summed E-state index contributed by atoms with van der Waals surface area (Å²) < 4.78 is 5.19. The first-order chi connectivity index (χ1) is 13.6. The van der Waals surface area contributed by atoms with Crippen LogP contribution in [0.15, 0.2) is 60.8 Å². The Morgan fingerprint density at radius 1 is 1.07 bits per heavy atom. The van der Waals surface area contributed by atoms with Crippen LogP contribution in [0.1, 0.15) is 32.6 Å². The van der Waals surface area contributed by atoms with Crippen molar-refractivity contribution in [1.29, 1.82) is 0 Å². The number of methoxy groups -OCH3 is 1. The highest BCUT2D eigenvalue weighted by atomic mass is 16.5. The van der Waals surface area contributed by atoms with E-state index in [1.165, 1.54) is 0 Å². The van der Waals surface area contributed by atoms with E-state index in [2.05, 4.69) is 16.8 Å². The Morgan fingerprint density at radius 2 is 1.82 bits per heavy atom. The molecule has 0 amide bonds. The van der Waals surface area contributed by atoms with E-state index in [9.17, 15) is 4.79 Å². The number of hydrogen-bond acceptors (Lipinski definition) is 4. The van der Waals surface area contributed by atoms with Gasteiger partial charge in [0.15, 0.2) is 6.29 Å². The lowest BCUT2D eigenvalue weighted by Gasteiger charge is -2.21. The van der Waals surface area contributed by atoms with E-state index in [1.807, 2.05) is 67.4 Å². The third-order valence-electron chi connectivity index (χ3n) is 4.42. The molecule has 4 nitrogen and oxygen atoms in total. The molecular weight excluding hydrogens is 348 g/mol. The number of pyridine rings is 1. The van der Waals surface area contributed by atoms with E-state index in [0.29, 0.717) is 17.9 Å². The number of aromatic nitrogens is 1. The number of carbonyl (C=O) groups is 1. The van der Waals surface area contributed by atoms with E-state index in [-0.39, 0.29) is 0 Å². The molecule has 0 bridgehead atoms. The summed E-state index contributed by atoms with van der Waals surface area (Å²) in [5.74, 6) is 7.84. The van der Waals surface area contributed by atoms with Crippen molar-refractivity contribution in [2.24, 2.45) is 0 Å². The van der Waals surface area contributed by atoms with Gasteiger partial charge in [0.05, 0.1) is 7.11 Å². The largest absolute Gasteiger partial charge is 0.497 e. The number of aldehydes is 1. The van der Waals surface area contributed by atoms with Crippen LogP contribution < -0.4 is 9.64 Å². The van der Waals surface area contributed by atoms with Gasteiger partial charge >= 0.3 is 0 Å². The highest BCUT2D eigenvalue weighted by Gasteiger charge is 2.11. The third kappa shape index (κ3) is 4.57. The van der Waals surface area contributed by atoms with Gasteiger partial charge < -0.3 is 9.64 Å². The first-order valence-electron chi connectivity index (χ1n) is 8.97. The SMILES string of the molecule is COc1ccc(CN(C)c2ncc(C#Cc3ccccc3)cc2C)c(C=O)c1. The summed E-state index contributed by atoms with van der Waals surface area (Å²) in [5, 5.41) is 0. The van der Waals surface area contributed by atoms with Crippen LogP contribution in [0.25, 0.3) is 0 Å². The Balaban J connectivity index is 1.79. The number of rotatable bonds is 5. The Bertz CT molecular complexity index is 1030. The van der Waals surface area contributed by atoms with Gasteiger partial charge in [-0.3, -0.25) is 4.79 Å². The van der Waals surface area contributed by atoms with Crippen molar-refractivity contribution in [3.63, 3.8) is 0 Å². The number of hydrogen-bond donors (Lipinski definition) is 0. The maximum absolute atomic E-state index is 11.4. The molecule has 0 saturated carbocycles. The second kappa shape index (κ2) is 8.88. The molecule has 0 spiro atoms. The highest BCUT2D eigenvalue weighted by molar-refractivity contribution is 5.78. The van der Waals surface area contributed by atoms with Crippen molar-refractivity contribution in [1.82, 2.24) is 4.98 Å². The van der Waals surface area contributed by atoms with Crippen molar-refractivity contribution in [3.05, 3.63) is 88.6 Å². The minimum atomic E-state index is 0.570. The maximum Gasteiger partial charge on any atom is 0.150 e. The summed E-state index contributed by atoms with van der Waals surface area (Å²) in [6.45, 7) is 2.59. The minimum absolute atomic E-state index is 0.570. The predicted octanol–water partition coefficient (Wildman–Crippen LogP) is 4.25. The fourth-order valence-electron chi connectivity index (χ4n) is 2.99. The van der Waals surface area contributed by atoms with Gasteiger partial charge in [0.2, 0.25) is 0 Å². The molecule has 28 heavy (non-hydrogen) atoms. The molecule has 0 aliphatic rings. The van der Waals surface area contributed by atoms with Gasteiger partial charge in [-0.05, 0) is 48.4 Å². The molecule has 1 aromatic heterocycles. The quantitative estimate of drug-likeness (QED) is 0.497. The lowest BCUT2D eigenvalue weighted by atomic mass is 10.1. The standard InChI is InChI=1S/C24H22N2O2/c1-18-13-20(10-9-19-7-5-4-6-8-19)15-25-24(18)26(2)16-21-11-12-23(28-3)14-22(21)17-27/h4-8,11-15,17H,16H2,1-3H3. The molecule has 0 atom stereocenters. The number of aryl methyl sites for hydroxylation is 1. The molecule has 0 fully saturated rings. The van der Waals surface area contributed by atoms with Crippen molar-refractivity contribution in [2.45, 2.75) is 13.5 Å². The summed E-state index contributed by atoms with van der Waals surface area (Å²) in [6.07, 6.45) is 2.64. The number of benzene rings is 2. The molecule has 0 N–H and O–H groups in total. The van der Waals surface area contributed by atoms with E-state index in [4.69, 9.17) is 4.74 Å². The van der Waals surface area contributed by atoms with Crippen LogP contribution in [-0.2, 0) is 6.54 Å². The molecule has 4 heteroatoms. The predicted molar refractivity (Wildman–Crippen MR) is 112 cm³/mol. The van der Waals surface area contributed by atoms with E-state index >= 15 is 0 Å². The lowest BCUT2D eigenvalue weighted by molar-refractivity contribution is 0.112. The maximum atomic E-state index is 11.4. The Kier molecular flexibility index (Phi) is 6.08. The fraction of sp³-hybridized carbons (Fsp3) is 0.167. The number of ether oxygens (including phenoxy) is 1. The van der Waals surface area contributed by atoms with E-state index in [1.54, 1.807) is 19.4 Å². The average Bonchev–Trinajstić information content (AvgIpc) is 2.73. The Hall–Kier alpha value is -3.58. The van der Waals surface area contributed by atoms with Crippen LogP contribution in [0, 0.1) is 18.8 Å². The fourth-order valence-corrected chi connectivity index (χ4v) is 2.99. The van der Waals surface area contributed by atoms with Crippen LogP contribution in [-0.4, -0.2) is 25.4 Å². The number of carbonyl (C=O) groups excluding carboxylic acids is 1. The second-order valence-electron chi connectivity index (χ2n) is 6.52. The minimum Gasteiger partial charge on any atom is -0.497 e.